The number of guanidine groups is 1. The van der Waals surface area contributed by atoms with Crippen LogP contribution in [0.2, 0.25) is 0 Å². The number of benzene rings is 1. The lowest BCUT2D eigenvalue weighted by atomic mass is 10.1. The van der Waals surface area contributed by atoms with E-state index in [2.05, 4.69) is 26.9 Å². The first-order chi connectivity index (χ1) is 9.56. The van der Waals surface area contributed by atoms with Gasteiger partial charge in [-0.1, -0.05) is 23.8 Å². The first kappa shape index (κ1) is 15.9. The van der Waals surface area contributed by atoms with Crippen LogP contribution in [-0.2, 0) is 6.54 Å². The van der Waals surface area contributed by atoms with Crippen LogP contribution in [0.1, 0.15) is 11.1 Å². The van der Waals surface area contributed by atoms with Crippen molar-refractivity contribution < 1.29 is 13.5 Å². The predicted molar refractivity (Wildman–Crippen MR) is 76.2 cm³/mol. The topological polar surface area (TPSA) is 45.7 Å². The minimum Gasteiger partial charge on any atom is -0.434 e. The van der Waals surface area contributed by atoms with Gasteiger partial charge in [0.25, 0.3) is 0 Å². The average Bonchev–Trinajstić information content (AvgIpc) is 2.41. The number of nitrogens with zero attached hydrogens (tertiary/aromatic N) is 1. The second kappa shape index (κ2) is 8.14. The van der Waals surface area contributed by atoms with Gasteiger partial charge in [-0.25, -0.2) is 0 Å². The van der Waals surface area contributed by atoms with E-state index < -0.39 is 6.61 Å². The van der Waals surface area contributed by atoms with Gasteiger partial charge in [-0.15, -0.1) is 6.58 Å². The third-order valence-corrected chi connectivity index (χ3v) is 2.52. The molecule has 0 amide bonds. The van der Waals surface area contributed by atoms with Crippen molar-refractivity contribution in [2.45, 2.75) is 20.1 Å². The number of rotatable bonds is 6. The summed E-state index contributed by atoms with van der Waals surface area (Å²) in [6, 6.07) is 5.07. The van der Waals surface area contributed by atoms with E-state index in [1.807, 2.05) is 6.92 Å². The van der Waals surface area contributed by atoms with E-state index in [1.54, 1.807) is 31.3 Å². The summed E-state index contributed by atoms with van der Waals surface area (Å²) in [5.41, 5.74) is 1.62. The third kappa shape index (κ3) is 5.26. The van der Waals surface area contributed by atoms with Gasteiger partial charge in [-0.05, 0) is 13.0 Å². The van der Waals surface area contributed by atoms with Gasteiger partial charge < -0.3 is 15.4 Å². The number of ether oxygens (including phenoxy) is 1. The van der Waals surface area contributed by atoms with Crippen molar-refractivity contribution in [2.24, 2.45) is 4.99 Å². The highest BCUT2D eigenvalue weighted by Gasteiger charge is 2.10. The maximum absolute atomic E-state index is 12.3. The van der Waals surface area contributed by atoms with Gasteiger partial charge in [-0.3, -0.25) is 4.99 Å². The maximum Gasteiger partial charge on any atom is 0.387 e. The van der Waals surface area contributed by atoms with Crippen LogP contribution in [0.5, 0.6) is 5.75 Å². The molecule has 0 aliphatic carbocycles. The molecule has 4 nitrogen and oxygen atoms in total. The van der Waals surface area contributed by atoms with E-state index in [0.29, 0.717) is 24.6 Å². The Morgan fingerprint density at radius 1 is 1.45 bits per heavy atom. The lowest BCUT2D eigenvalue weighted by Crippen LogP contribution is -2.36. The molecular formula is C14H19F2N3O. The lowest BCUT2D eigenvalue weighted by molar-refractivity contribution is -0.0504. The minimum atomic E-state index is -2.84. The second-order valence-corrected chi connectivity index (χ2v) is 4.09. The number of aryl methyl sites for hydroxylation is 1. The van der Waals surface area contributed by atoms with Crippen LogP contribution in [0, 0.1) is 6.92 Å². The van der Waals surface area contributed by atoms with E-state index in [0.717, 1.165) is 5.56 Å². The molecular weight excluding hydrogens is 264 g/mol. The summed E-state index contributed by atoms with van der Waals surface area (Å²) in [7, 11) is 1.63. The van der Waals surface area contributed by atoms with E-state index in [4.69, 9.17) is 0 Å². The average molecular weight is 283 g/mol. The van der Waals surface area contributed by atoms with Gasteiger partial charge in [0, 0.05) is 25.7 Å². The van der Waals surface area contributed by atoms with Gasteiger partial charge >= 0.3 is 6.61 Å². The molecule has 0 atom stereocenters. The van der Waals surface area contributed by atoms with Crippen LogP contribution in [0.3, 0.4) is 0 Å². The molecule has 0 radical (unpaired) electrons. The highest BCUT2D eigenvalue weighted by atomic mass is 19.3. The molecule has 0 saturated carbocycles. The largest absolute Gasteiger partial charge is 0.434 e. The molecule has 2 N–H and O–H groups in total. The Morgan fingerprint density at radius 3 is 2.80 bits per heavy atom. The van der Waals surface area contributed by atoms with Crippen LogP contribution in [0.25, 0.3) is 0 Å². The number of hydrogen-bond acceptors (Lipinski definition) is 2. The third-order valence-electron chi connectivity index (χ3n) is 2.52. The van der Waals surface area contributed by atoms with Crippen LogP contribution < -0.4 is 15.4 Å². The molecule has 1 aromatic rings. The monoisotopic (exact) mass is 283 g/mol. The highest BCUT2D eigenvalue weighted by molar-refractivity contribution is 5.79. The number of nitrogens with one attached hydrogen (secondary N) is 2. The zero-order chi connectivity index (χ0) is 15.0. The van der Waals surface area contributed by atoms with Crippen molar-refractivity contribution in [1.29, 1.82) is 0 Å². The molecule has 0 aliphatic heterocycles. The molecule has 6 heteroatoms. The zero-order valence-corrected chi connectivity index (χ0v) is 11.6. The van der Waals surface area contributed by atoms with Crippen molar-refractivity contribution >= 4 is 5.96 Å². The first-order valence-electron chi connectivity index (χ1n) is 6.16. The van der Waals surface area contributed by atoms with Crippen molar-refractivity contribution in [3.05, 3.63) is 42.0 Å². The number of aliphatic imine (C=N–C) groups is 1. The smallest absolute Gasteiger partial charge is 0.387 e. The highest BCUT2D eigenvalue weighted by Crippen LogP contribution is 2.21. The number of alkyl halides is 2. The van der Waals surface area contributed by atoms with Crippen LogP contribution >= 0.6 is 0 Å². The molecule has 0 heterocycles. The standard InChI is InChI=1S/C14H19F2N3O/c1-4-7-18-14(17-3)19-9-11-8-10(2)5-6-12(11)20-13(15)16/h4-6,8,13H,1,7,9H2,2-3H3,(H2,17,18,19). The van der Waals surface area contributed by atoms with E-state index in [9.17, 15) is 8.78 Å². The van der Waals surface area contributed by atoms with Gasteiger partial charge in [0.15, 0.2) is 5.96 Å². The SMILES string of the molecule is C=CCNC(=NC)NCc1cc(C)ccc1OC(F)F. The number of halogens is 2. The normalized spacial score (nSPS) is 11.3. The van der Waals surface area contributed by atoms with Gasteiger partial charge in [0.1, 0.15) is 5.75 Å². The van der Waals surface area contributed by atoms with Gasteiger partial charge in [0.2, 0.25) is 0 Å². The van der Waals surface area contributed by atoms with Crippen LogP contribution in [0.4, 0.5) is 8.78 Å². The summed E-state index contributed by atoms with van der Waals surface area (Å²) in [5.74, 6) is 0.728. The minimum absolute atomic E-state index is 0.164. The fourth-order valence-electron chi connectivity index (χ4n) is 1.63. The molecule has 20 heavy (non-hydrogen) atoms. The Labute approximate surface area is 117 Å². The summed E-state index contributed by atoms with van der Waals surface area (Å²) in [6.07, 6.45) is 1.70. The summed E-state index contributed by atoms with van der Waals surface area (Å²) in [5, 5.41) is 6.02. The lowest BCUT2D eigenvalue weighted by Gasteiger charge is -2.14. The summed E-state index contributed by atoms with van der Waals surface area (Å²) < 4.78 is 29.2. The molecule has 0 unspecified atom stereocenters. The van der Waals surface area contributed by atoms with Gasteiger partial charge in [0.05, 0.1) is 0 Å². The quantitative estimate of drug-likeness (QED) is 0.479. The summed E-state index contributed by atoms with van der Waals surface area (Å²) in [6.45, 7) is 3.54. The molecule has 0 spiro atoms. The maximum atomic E-state index is 12.3. The molecule has 110 valence electrons. The van der Waals surface area contributed by atoms with E-state index in [-0.39, 0.29) is 5.75 Å². The second-order valence-electron chi connectivity index (χ2n) is 4.09. The van der Waals surface area contributed by atoms with E-state index in [1.165, 1.54) is 0 Å². The molecule has 0 bridgehead atoms. The summed E-state index contributed by atoms with van der Waals surface area (Å²) >= 11 is 0. The first-order valence-corrected chi connectivity index (χ1v) is 6.16. The Morgan fingerprint density at radius 2 is 2.20 bits per heavy atom. The van der Waals surface area contributed by atoms with Crippen molar-refractivity contribution in [2.75, 3.05) is 13.6 Å². The van der Waals surface area contributed by atoms with Crippen molar-refractivity contribution in [3.8, 4) is 5.75 Å². The molecule has 1 rings (SSSR count). The molecule has 0 saturated heterocycles. The zero-order valence-electron chi connectivity index (χ0n) is 11.6. The fraction of sp³-hybridized carbons (Fsp3) is 0.357. The van der Waals surface area contributed by atoms with Gasteiger partial charge in [-0.2, -0.15) is 8.78 Å². The predicted octanol–water partition coefficient (Wildman–Crippen LogP) is 2.45. The van der Waals surface area contributed by atoms with E-state index >= 15 is 0 Å². The Bertz CT molecular complexity index is 475. The molecule has 0 aromatic heterocycles. The van der Waals surface area contributed by atoms with Crippen molar-refractivity contribution in [3.63, 3.8) is 0 Å². The Kier molecular flexibility index (Phi) is 6.49. The molecule has 1 aromatic carbocycles. The Balaban J connectivity index is 2.74. The fourth-order valence-corrected chi connectivity index (χ4v) is 1.63. The summed E-state index contributed by atoms with van der Waals surface area (Å²) in [4.78, 5) is 4.01. The van der Waals surface area contributed by atoms with Crippen LogP contribution in [-0.4, -0.2) is 26.2 Å². The Hall–Kier alpha value is -2.11. The number of hydrogen-bond donors (Lipinski definition) is 2. The van der Waals surface area contributed by atoms with Crippen LogP contribution in [0.15, 0.2) is 35.8 Å². The molecule has 0 aliphatic rings. The van der Waals surface area contributed by atoms with Crippen molar-refractivity contribution in [1.82, 2.24) is 10.6 Å². The molecule has 0 fully saturated rings.